The molecule has 1 N–H and O–H groups in total. The van der Waals surface area contributed by atoms with E-state index in [9.17, 15) is 13.2 Å². The summed E-state index contributed by atoms with van der Waals surface area (Å²) in [7, 11) is -3.38. The van der Waals surface area contributed by atoms with Crippen LogP contribution in [0.25, 0.3) is 10.2 Å². The zero-order valence-corrected chi connectivity index (χ0v) is 16.6. The Hall–Kier alpha value is -1.67. The van der Waals surface area contributed by atoms with Gasteiger partial charge >= 0.3 is 0 Å². The van der Waals surface area contributed by atoms with Crippen LogP contribution in [0, 0.1) is 0 Å². The van der Waals surface area contributed by atoms with Crippen molar-refractivity contribution < 1.29 is 13.2 Å². The summed E-state index contributed by atoms with van der Waals surface area (Å²) in [5, 5.41) is 3.68. The smallest absolute Gasteiger partial charge is 0.227 e. The highest BCUT2D eigenvalue weighted by Crippen LogP contribution is 2.35. The largest absolute Gasteiger partial charge is 0.302 e. The van der Waals surface area contributed by atoms with Crippen molar-refractivity contribution in [1.29, 1.82) is 0 Å². The van der Waals surface area contributed by atoms with Crippen LogP contribution in [0.4, 0.5) is 5.13 Å². The van der Waals surface area contributed by atoms with Gasteiger partial charge in [0.2, 0.25) is 5.91 Å². The summed E-state index contributed by atoms with van der Waals surface area (Å²) in [5.74, 6) is -0.732. The molecule has 136 valence electrons. The molecule has 0 spiro atoms. The summed E-state index contributed by atoms with van der Waals surface area (Å²) < 4.78 is 25.1. The topological polar surface area (TPSA) is 76.1 Å². The molecule has 0 radical (unpaired) electrons. The van der Waals surface area contributed by atoms with E-state index in [-0.39, 0.29) is 17.9 Å². The first-order chi connectivity index (χ1) is 12.3. The highest BCUT2D eigenvalue weighted by molar-refractivity contribution is 7.90. The highest BCUT2D eigenvalue weighted by Gasteiger charge is 2.16. The lowest BCUT2D eigenvalue weighted by Gasteiger charge is -2.04. The van der Waals surface area contributed by atoms with Crippen molar-refractivity contribution in [2.24, 2.45) is 0 Å². The molecule has 0 fully saturated rings. The normalized spacial score (nSPS) is 11.6. The molecule has 1 aromatic heterocycles. The number of fused-ring (bicyclic) bond motifs is 1. The van der Waals surface area contributed by atoms with E-state index in [1.165, 1.54) is 11.3 Å². The molecule has 0 saturated carbocycles. The number of nitrogens with one attached hydrogen (secondary N) is 1. The zero-order chi connectivity index (χ0) is 18.7. The van der Waals surface area contributed by atoms with E-state index in [1.54, 1.807) is 36.4 Å². The van der Waals surface area contributed by atoms with E-state index < -0.39 is 15.7 Å². The molecule has 0 saturated heterocycles. The fourth-order valence-corrected chi connectivity index (χ4v) is 4.97. The van der Waals surface area contributed by atoms with Crippen LogP contribution in [0.5, 0.6) is 0 Å². The molecule has 1 heterocycles. The molecule has 0 aliphatic carbocycles. The summed E-state index contributed by atoms with van der Waals surface area (Å²) in [4.78, 5) is 16.3. The third kappa shape index (κ3) is 4.73. The number of rotatable bonds is 6. The van der Waals surface area contributed by atoms with Crippen LogP contribution in [0.3, 0.4) is 0 Å². The highest BCUT2D eigenvalue weighted by atomic mass is 35.5. The number of carbonyl (C=O) groups excluding carboxylic acids is 1. The molecule has 0 bridgehead atoms. The maximum atomic E-state index is 12.2. The van der Waals surface area contributed by atoms with Gasteiger partial charge in [-0.25, -0.2) is 13.4 Å². The first-order valence-electron chi connectivity index (χ1n) is 7.63. The van der Waals surface area contributed by atoms with Crippen LogP contribution in [0.1, 0.15) is 12.0 Å². The SMILES string of the molecule is O=C(CCS(=O)(=O)Cc1ccccc1)Nc1nc2c(Cl)c(Cl)ccc2s1. The number of anilines is 1. The van der Waals surface area contributed by atoms with E-state index in [0.29, 0.717) is 26.3 Å². The van der Waals surface area contributed by atoms with Crippen molar-refractivity contribution in [3.05, 3.63) is 58.1 Å². The van der Waals surface area contributed by atoms with Gasteiger partial charge < -0.3 is 5.32 Å². The number of hydrogen-bond acceptors (Lipinski definition) is 5. The van der Waals surface area contributed by atoms with Gasteiger partial charge in [0.15, 0.2) is 15.0 Å². The molecule has 1 amide bonds. The van der Waals surface area contributed by atoms with Gasteiger partial charge in [0, 0.05) is 6.42 Å². The average molecular weight is 429 g/mol. The van der Waals surface area contributed by atoms with Crippen LogP contribution >= 0.6 is 34.5 Å². The van der Waals surface area contributed by atoms with Crippen LogP contribution in [0.2, 0.25) is 10.0 Å². The molecule has 0 aliphatic heterocycles. The lowest BCUT2D eigenvalue weighted by atomic mass is 10.2. The fourth-order valence-electron chi connectivity index (χ4n) is 2.32. The third-order valence-corrected chi connectivity index (χ3v) is 6.90. The Kier molecular flexibility index (Phi) is 5.82. The fraction of sp³-hybridized carbons (Fsp3) is 0.176. The Labute approximate surface area is 164 Å². The number of hydrogen-bond donors (Lipinski definition) is 1. The van der Waals surface area contributed by atoms with Crippen molar-refractivity contribution in [2.75, 3.05) is 11.1 Å². The third-order valence-electron chi connectivity index (χ3n) is 3.57. The second kappa shape index (κ2) is 7.92. The molecule has 2 aromatic carbocycles. The molecule has 3 aromatic rings. The van der Waals surface area contributed by atoms with E-state index in [0.717, 1.165) is 4.70 Å². The Balaban J connectivity index is 1.61. The van der Waals surface area contributed by atoms with Gasteiger partial charge in [0.25, 0.3) is 0 Å². The molecule has 0 aliphatic rings. The lowest BCUT2D eigenvalue weighted by molar-refractivity contribution is -0.115. The lowest BCUT2D eigenvalue weighted by Crippen LogP contribution is -2.18. The van der Waals surface area contributed by atoms with E-state index in [2.05, 4.69) is 10.3 Å². The van der Waals surface area contributed by atoms with Gasteiger partial charge in [-0.3, -0.25) is 4.79 Å². The Morgan fingerprint density at radius 2 is 1.85 bits per heavy atom. The van der Waals surface area contributed by atoms with Gasteiger partial charge in [0.1, 0.15) is 5.52 Å². The predicted molar refractivity (Wildman–Crippen MR) is 107 cm³/mol. The maximum Gasteiger partial charge on any atom is 0.227 e. The molecule has 0 unspecified atom stereocenters. The van der Waals surface area contributed by atoms with Crippen molar-refractivity contribution in [1.82, 2.24) is 4.98 Å². The molecule has 5 nitrogen and oxygen atoms in total. The van der Waals surface area contributed by atoms with Gasteiger partial charge in [0.05, 0.1) is 26.3 Å². The molecule has 9 heteroatoms. The van der Waals surface area contributed by atoms with Crippen LogP contribution in [-0.2, 0) is 20.4 Å². The molecule has 26 heavy (non-hydrogen) atoms. The second-order valence-electron chi connectivity index (χ2n) is 5.60. The van der Waals surface area contributed by atoms with Crippen molar-refractivity contribution in [3.8, 4) is 0 Å². The first-order valence-corrected chi connectivity index (χ1v) is 11.0. The Morgan fingerprint density at radius 3 is 2.58 bits per heavy atom. The number of sulfone groups is 1. The van der Waals surface area contributed by atoms with Crippen LogP contribution < -0.4 is 5.32 Å². The quantitative estimate of drug-likeness (QED) is 0.624. The number of benzene rings is 2. The van der Waals surface area contributed by atoms with Crippen molar-refractivity contribution in [3.63, 3.8) is 0 Å². The van der Waals surface area contributed by atoms with Crippen molar-refractivity contribution in [2.45, 2.75) is 12.2 Å². The summed E-state index contributed by atoms with van der Waals surface area (Å²) >= 11 is 13.3. The number of thiazole rings is 1. The zero-order valence-electron chi connectivity index (χ0n) is 13.4. The minimum atomic E-state index is -3.38. The number of carbonyl (C=O) groups is 1. The predicted octanol–water partition coefficient (Wildman–Crippen LogP) is 4.55. The van der Waals surface area contributed by atoms with Crippen LogP contribution in [-0.4, -0.2) is 25.1 Å². The minimum Gasteiger partial charge on any atom is -0.302 e. The standard InChI is InChI=1S/C17H14Cl2N2O3S2/c18-12-6-7-13-16(15(12)19)21-17(25-13)20-14(22)8-9-26(23,24)10-11-4-2-1-3-5-11/h1-7H,8-10H2,(H,20,21,22). The number of nitrogens with zero attached hydrogens (tertiary/aromatic N) is 1. The monoisotopic (exact) mass is 428 g/mol. The maximum absolute atomic E-state index is 12.2. The minimum absolute atomic E-state index is 0.0869. The van der Waals surface area contributed by atoms with Gasteiger partial charge in [-0.05, 0) is 17.7 Å². The Morgan fingerprint density at radius 1 is 1.12 bits per heavy atom. The van der Waals surface area contributed by atoms with Gasteiger partial charge in [-0.15, -0.1) is 0 Å². The molecule has 0 atom stereocenters. The summed E-state index contributed by atoms with van der Waals surface area (Å²) in [5.41, 5.74) is 1.21. The van der Waals surface area contributed by atoms with Crippen LogP contribution in [0.15, 0.2) is 42.5 Å². The Bertz CT molecular complexity index is 1050. The van der Waals surface area contributed by atoms with Gasteiger partial charge in [-0.2, -0.15) is 0 Å². The molecular formula is C17H14Cl2N2O3S2. The second-order valence-corrected chi connectivity index (χ2v) is 9.60. The van der Waals surface area contributed by atoms with E-state index in [4.69, 9.17) is 23.2 Å². The summed E-state index contributed by atoms with van der Waals surface area (Å²) in [6, 6.07) is 12.3. The van der Waals surface area contributed by atoms with Crippen molar-refractivity contribution >= 4 is 65.6 Å². The first kappa shape index (κ1) is 19.1. The van der Waals surface area contributed by atoms with E-state index >= 15 is 0 Å². The summed E-state index contributed by atoms with van der Waals surface area (Å²) in [6.45, 7) is 0. The van der Waals surface area contributed by atoms with Gasteiger partial charge in [-0.1, -0.05) is 64.9 Å². The number of aromatic nitrogens is 1. The number of amides is 1. The van der Waals surface area contributed by atoms with E-state index in [1.807, 2.05) is 6.07 Å². The summed E-state index contributed by atoms with van der Waals surface area (Å²) in [6.07, 6.45) is -0.139. The average Bonchev–Trinajstić information content (AvgIpc) is 3.00. The molecule has 3 rings (SSSR count). The molecular weight excluding hydrogens is 415 g/mol. The number of halogens is 2.